The zero-order valence-corrected chi connectivity index (χ0v) is 18.8. The van der Waals surface area contributed by atoms with Crippen LogP contribution >= 0.6 is 0 Å². The molecule has 1 aromatic heterocycles. The monoisotopic (exact) mass is 416 g/mol. The molecule has 0 atom stereocenters. The Morgan fingerprint density at radius 3 is 2.21 bits per heavy atom. The van der Waals surface area contributed by atoms with Crippen LogP contribution < -0.4 is 4.90 Å². The second-order valence-corrected chi connectivity index (χ2v) is 9.83. The Kier molecular flexibility index (Phi) is 6.90. The summed E-state index contributed by atoms with van der Waals surface area (Å²) in [6.07, 6.45) is 2.28. The van der Waals surface area contributed by atoms with E-state index in [1.807, 2.05) is 13.8 Å². The van der Waals surface area contributed by atoms with Gasteiger partial charge in [-0.25, -0.2) is 18.4 Å². The smallest absolute Gasteiger partial charge is 0.214 e. The third-order valence-corrected chi connectivity index (χ3v) is 7.49. The van der Waals surface area contributed by atoms with Gasteiger partial charge in [-0.05, 0) is 32.3 Å². The van der Waals surface area contributed by atoms with Gasteiger partial charge in [-0.1, -0.05) is 43.7 Å². The molecule has 0 saturated carbocycles. The second kappa shape index (κ2) is 9.22. The number of aromatic nitrogens is 2. The maximum absolute atomic E-state index is 12.4. The molecule has 0 amide bonds. The number of rotatable bonds is 7. The first-order valence-electron chi connectivity index (χ1n) is 10.5. The minimum absolute atomic E-state index is 0.221. The van der Waals surface area contributed by atoms with Crippen molar-refractivity contribution >= 4 is 15.8 Å². The number of piperazine rings is 1. The van der Waals surface area contributed by atoms with Gasteiger partial charge in [0.25, 0.3) is 0 Å². The zero-order valence-electron chi connectivity index (χ0n) is 18.0. The molecule has 0 spiro atoms. The first-order valence-corrected chi connectivity index (χ1v) is 12.1. The first-order chi connectivity index (χ1) is 13.8. The summed E-state index contributed by atoms with van der Waals surface area (Å²) in [5, 5.41) is 0. The van der Waals surface area contributed by atoms with Crippen molar-refractivity contribution in [3.8, 4) is 0 Å². The highest BCUT2D eigenvalue weighted by Crippen LogP contribution is 2.26. The molecule has 1 aliphatic heterocycles. The molecule has 0 aliphatic carbocycles. The maximum atomic E-state index is 12.4. The molecule has 0 unspecified atom stereocenters. The average molecular weight is 417 g/mol. The molecule has 7 heteroatoms. The maximum Gasteiger partial charge on any atom is 0.214 e. The van der Waals surface area contributed by atoms with Crippen LogP contribution in [0.2, 0.25) is 0 Å². The highest BCUT2D eigenvalue weighted by molar-refractivity contribution is 7.89. The molecule has 1 aliphatic rings. The Bertz CT molecular complexity index is 934. The third kappa shape index (κ3) is 5.14. The van der Waals surface area contributed by atoms with E-state index in [9.17, 15) is 8.42 Å². The molecule has 29 heavy (non-hydrogen) atoms. The fourth-order valence-electron chi connectivity index (χ4n) is 3.85. The number of hydrogen-bond donors (Lipinski definition) is 0. The highest BCUT2D eigenvalue weighted by atomic mass is 32.2. The van der Waals surface area contributed by atoms with Gasteiger partial charge in [0.1, 0.15) is 11.6 Å². The standard InChI is InChI=1S/C22H32N4O2S/c1-5-15-29(27,28)26-13-11-25(12-14-26)22-20(21(6-2)23-18(4)24-22)16-19-9-7-17(3)8-10-19/h7-10H,5-6,11-16H2,1-4H3. The quantitative estimate of drug-likeness (QED) is 0.694. The Morgan fingerprint density at radius 2 is 1.62 bits per heavy atom. The van der Waals surface area contributed by atoms with E-state index in [-0.39, 0.29) is 5.75 Å². The average Bonchev–Trinajstić information content (AvgIpc) is 2.70. The zero-order chi connectivity index (χ0) is 21.0. The van der Waals surface area contributed by atoms with Crippen molar-refractivity contribution in [2.24, 2.45) is 0 Å². The fraction of sp³-hybridized carbons (Fsp3) is 0.545. The Hall–Kier alpha value is -1.99. The molecule has 0 radical (unpaired) electrons. The number of hydrogen-bond acceptors (Lipinski definition) is 5. The lowest BCUT2D eigenvalue weighted by Crippen LogP contribution is -2.49. The van der Waals surface area contributed by atoms with Crippen molar-refractivity contribution in [1.29, 1.82) is 0 Å². The molecule has 0 N–H and O–H groups in total. The lowest BCUT2D eigenvalue weighted by Gasteiger charge is -2.36. The molecule has 1 fully saturated rings. The molecule has 1 aromatic carbocycles. The van der Waals surface area contributed by atoms with Crippen LogP contribution in [0.15, 0.2) is 24.3 Å². The van der Waals surface area contributed by atoms with E-state index in [4.69, 9.17) is 9.97 Å². The number of sulfonamides is 1. The Labute approximate surface area is 175 Å². The SMILES string of the molecule is CCCS(=O)(=O)N1CCN(c2nc(C)nc(CC)c2Cc2ccc(C)cc2)CC1. The van der Waals surface area contributed by atoms with Crippen molar-refractivity contribution in [1.82, 2.24) is 14.3 Å². The van der Waals surface area contributed by atoms with Crippen LogP contribution in [0.25, 0.3) is 0 Å². The van der Waals surface area contributed by atoms with E-state index in [0.717, 1.165) is 35.7 Å². The summed E-state index contributed by atoms with van der Waals surface area (Å²) in [5.41, 5.74) is 4.72. The van der Waals surface area contributed by atoms with Crippen LogP contribution in [0, 0.1) is 13.8 Å². The molecule has 1 saturated heterocycles. The minimum Gasteiger partial charge on any atom is -0.354 e. The molecular weight excluding hydrogens is 384 g/mol. The van der Waals surface area contributed by atoms with Crippen LogP contribution in [0.5, 0.6) is 0 Å². The Morgan fingerprint density at radius 1 is 0.966 bits per heavy atom. The van der Waals surface area contributed by atoms with E-state index in [1.165, 1.54) is 11.1 Å². The van der Waals surface area contributed by atoms with Gasteiger partial charge in [-0.2, -0.15) is 4.31 Å². The van der Waals surface area contributed by atoms with Crippen LogP contribution in [0.4, 0.5) is 5.82 Å². The summed E-state index contributed by atoms with van der Waals surface area (Å²) in [7, 11) is -3.15. The summed E-state index contributed by atoms with van der Waals surface area (Å²) in [6.45, 7) is 10.4. The van der Waals surface area contributed by atoms with Crippen LogP contribution in [-0.2, 0) is 22.9 Å². The van der Waals surface area contributed by atoms with Gasteiger partial charge in [-0.3, -0.25) is 0 Å². The van der Waals surface area contributed by atoms with Crippen molar-refractivity contribution in [3.05, 3.63) is 52.5 Å². The van der Waals surface area contributed by atoms with Gasteiger partial charge in [0.05, 0.1) is 5.75 Å². The van der Waals surface area contributed by atoms with Gasteiger partial charge in [0.15, 0.2) is 0 Å². The van der Waals surface area contributed by atoms with Crippen molar-refractivity contribution < 1.29 is 8.42 Å². The van der Waals surface area contributed by atoms with Gasteiger partial charge in [0, 0.05) is 43.9 Å². The summed E-state index contributed by atoms with van der Waals surface area (Å²) >= 11 is 0. The third-order valence-electron chi connectivity index (χ3n) is 5.41. The van der Waals surface area contributed by atoms with Crippen LogP contribution in [0.1, 0.15) is 48.5 Å². The van der Waals surface area contributed by atoms with Crippen LogP contribution in [-0.4, -0.2) is 54.6 Å². The lowest BCUT2D eigenvalue weighted by molar-refractivity contribution is 0.383. The molecule has 0 bridgehead atoms. The summed E-state index contributed by atoms with van der Waals surface area (Å²) in [6, 6.07) is 8.58. The van der Waals surface area contributed by atoms with E-state index < -0.39 is 10.0 Å². The van der Waals surface area contributed by atoms with Gasteiger partial charge < -0.3 is 4.90 Å². The molecule has 2 heterocycles. The Balaban J connectivity index is 1.87. The normalized spacial score (nSPS) is 15.7. The number of anilines is 1. The second-order valence-electron chi connectivity index (χ2n) is 7.74. The molecule has 158 valence electrons. The summed E-state index contributed by atoms with van der Waals surface area (Å²) < 4.78 is 26.4. The van der Waals surface area contributed by atoms with Crippen LogP contribution in [0.3, 0.4) is 0 Å². The van der Waals surface area contributed by atoms with Crippen molar-refractivity contribution in [2.75, 3.05) is 36.8 Å². The van der Waals surface area contributed by atoms with Crippen molar-refractivity contribution in [3.63, 3.8) is 0 Å². The minimum atomic E-state index is -3.15. The highest BCUT2D eigenvalue weighted by Gasteiger charge is 2.28. The number of nitrogens with zero attached hydrogens (tertiary/aromatic N) is 4. The predicted octanol–water partition coefficient (Wildman–Crippen LogP) is 3.11. The van der Waals surface area contributed by atoms with E-state index >= 15 is 0 Å². The van der Waals surface area contributed by atoms with Crippen molar-refractivity contribution in [2.45, 2.75) is 47.0 Å². The predicted molar refractivity (Wildman–Crippen MR) is 118 cm³/mol. The van der Waals surface area contributed by atoms with E-state index in [0.29, 0.717) is 32.6 Å². The van der Waals surface area contributed by atoms with E-state index in [1.54, 1.807) is 4.31 Å². The van der Waals surface area contributed by atoms with Gasteiger partial charge in [0.2, 0.25) is 10.0 Å². The largest absolute Gasteiger partial charge is 0.354 e. The van der Waals surface area contributed by atoms with E-state index in [2.05, 4.69) is 43.0 Å². The summed E-state index contributed by atoms with van der Waals surface area (Å²) in [4.78, 5) is 11.7. The fourth-order valence-corrected chi connectivity index (χ4v) is 5.34. The molecule has 2 aromatic rings. The number of aryl methyl sites for hydroxylation is 3. The van der Waals surface area contributed by atoms with Gasteiger partial charge in [-0.15, -0.1) is 0 Å². The number of benzene rings is 1. The molecule has 3 rings (SSSR count). The molecule has 6 nitrogen and oxygen atoms in total. The lowest BCUT2D eigenvalue weighted by atomic mass is 10.0. The summed E-state index contributed by atoms with van der Waals surface area (Å²) in [5.74, 6) is 1.95. The first kappa shape index (κ1) is 21.7. The molecular formula is C22H32N4O2S. The van der Waals surface area contributed by atoms with Gasteiger partial charge >= 0.3 is 0 Å². The topological polar surface area (TPSA) is 66.4 Å².